The fourth-order valence-corrected chi connectivity index (χ4v) is 1.30. The summed E-state index contributed by atoms with van der Waals surface area (Å²) >= 11 is 0. The van der Waals surface area contributed by atoms with Crippen LogP contribution in [0.1, 0.15) is 11.3 Å². The van der Waals surface area contributed by atoms with Gasteiger partial charge in [0, 0.05) is 18.3 Å². The molecule has 2 N–H and O–H groups in total. The summed E-state index contributed by atoms with van der Waals surface area (Å²) in [6, 6.07) is 0. The monoisotopic (exact) mass is 204 g/mol. The van der Waals surface area contributed by atoms with Gasteiger partial charge >= 0.3 is 0 Å². The maximum atomic E-state index is 4.35. The van der Waals surface area contributed by atoms with Crippen LogP contribution < -0.4 is 5.32 Å². The van der Waals surface area contributed by atoms with Crippen molar-refractivity contribution in [2.75, 3.05) is 12.4 Å². The molecular formula is C9H12N6. The topological polar surface area (TPSA) is 79.4 Å². The molecule has 78 valence electrons. The van der Waals surface area contributed by atoms with Gasteiger partial charge in [0.05, 0.1) is 6.20 Å². The largest absolute Gasteiger partial charge is 0.373 e. The lowest BCUT2D eigenvalue weighted by molar-refractivity contribution is 0.936. The number of hydrogen-bond acceptors (Lipinski definition) is 5. The van der Waals surface area contributed by atoms with Crippen LogP contribution in [0.5, 0.6) is 0 Å². The lowest BCUT2D eigenvalue weighted by atomic mass is 10.2. The van der Waals surface area contributed by atoms with Crippen molar-refractivity contribution in [2.45, 2.75) is 13.8 Å². The van der Waals surface area contributed by atoms with Crippen molar-refractivity contribution in [1.82, 2.24) is 25.4 Å². The highest BCUT2D eigenvalue weighted by Crippen LogP contribution is 2.18. The summed E-state index contributed by atoms with van der Waals surface area (Å²) in [6.45, 7) is 3.93. The Morgan fingerprint density at radius 1 is 1.27 bits per heavy atom. The summed E-state index contributed by atoms with van der Waals surface area (Å²) in [4.78, 5) is 8.70. The van der Waals surface area contributed by atoms with Crippen LogP contribution in [0.2, 0.25) is 0 Å². The predicted octanol–water partition coefficient (Wildman–Crippen LogP) is 0.920. The molecule has 0 radical (unpaired) electrons. The minimum absolute atomic E-state index is 0.580. The van der Waals surface area contributed by atoms with Crippen molar-refractivity contribution >= 4 is 5.82 Å². The number of H-pyrrole nitrogens is 1. The van der Waals surface area contributed by atoms with E-state index >= 15 is 0 Å². The number of anilines is 1. The Labute approximate surface area is 87.2 Å². The molecule has 2 heterocycles. The van der Waals surface area contributed by atoms with E-state index in [9.17, 15) is 0 Å². The van der Waals surface area contributed by atoms with Gasteiger partial charge in [-0.3, -0.25) is 0 Å². The molecule has 0 aliphatic carbocycles. The number of nitrogens with zero attached hydrogens (tertiary/aromatic N) is 4. The predicted molar refractivity (Wildman–Crippen MR) is 56.4 cm³/mol. The van der Waals surface area contributed by atoms with Crippen molar-refractivity contribution < 1.29 is 0 Å². The van der Waals surface area contributed by atoms with Crippen molar-refractivity contribution in [1.29, 1.82) is 0 Å². The molecule has 0 saturated carbocycles. The van der Waals surface area contributed by atoms with Crippen LogP contribution in [-0.4, -0.2) is 32.4 Å². The third kappa shape index (κ3) is 1.65. The molecule has 6 heteroatoms. The molecule has 0 aliphatic rings. The molecule has 0 fully saturated rings. The Balaban J connectivity index is 2.55. The summed E-state index contributed by atoms with van der Waals surface area (Å²) in [5.41, 5.74) is 2.63. The van der Waals surface area contributed by atoms with E-state index in [0.29, 0.717) is 11.5 Å². The van der Waals surface area contributed by atoms with Crippen molar-refractivity contribution in [3.63, 3.8) is 0 Å². The molecule has 2 aromatic rings. The maximum absolute atomic E-state index is 4.35. The Hall–Kier alpha value is -1.98. The molecule has 0 spiro atoms. The van der Waals surface area contributed by atoms with Crippen molar-refractivity contribution in [3.8, 4) is 11.5 Å². The van der Waals surface area contributed by atoms with Crippen LogP contribution in [0.4, 0.5) is 5.82 Å². The number of hydrogen-bond donors (Lipinski definition) is 2. The van der Waals surface area contributed by atoms with Crippen molar-refractivity contribution in [3.05, 3.63) is 17.5 Å². The van der Waals surface area contributed by atoms with Crippen LogP contribution in [0.15, 0.2) is 6.20 Å². The van der Waals surface area contributed by atoms with Gasteiger partial charge in [0.2, 0.25) is 0 Å². The molecule has 0 bridgehead atoms. The highest BCUT2D eigenvalue weighted by atomic mass is 15.3. The number of aromatic nitrogens is 5. The van der Waals surface area contributed by atoms with E-state index in [2.05, 4.69) is 30.7 Å². The van der Waals surface area contributed by atoms with Crippen LogP contribution in [-0.2, 0) is 0 Å². The Morgan fingerprint density at radius 3 is 2.67 bits per heavy atom. The molecule has 0 unspecified atom stereocenters. The second kappa shape index (κ2) is 3.64. The van der Waals surface area contributed by atoms with Gasteiger partial charge in [-0.1, -0.05) is 0 Å². The van der Waals surface area contributed by atoms with E-state index in [1.807, 2.05) is 20.9 Å². The highest BCUT2D eigenvalue weighted by molar-refractivity contribution is 5.54. The van der Waals surface area contributed by atoms with Gasteiger partial charge in [-0.2, -0.15) is 15.4 Å². The van der Waals surface area contributed by atoms with Crippen LogP contribution in [0, 0.1) is 13.8 Å². The molecule has 0 aliphatic heterocycles. The summed E-state index contributed by atoms with van der Waals surface area (Å²) in [5, 5.41) is 13.2. The maximum Gasteiger partial charge on any atom is 0.183 e. The zero-order valence-electron chi connectivity index (χ0n) is 8.87. The van der Waals surface area contributed by atoms with E-state index in [1.165, 1.54) is 0 Å². The fraction of sp³-hybridized carbons (Fsp3) is 0.333. The molecule has 6 nitrogen and oxygen atoms in total. The van der Waals surface area contributed by atoms with Gasteiger partial charge < -0.3 is 5.32 Å². The smallest absolute Gasteiger partial charge is 0.183 e. The number of aromatic amines is 1. The normalized spacial score (nSPS) is 10.3. The number of rotatable bonds is 2. The lowest BCUT2D eigenvalue weighted by Gasteiger charge is -2.07. The fourth-order valence-electron chi connectivity index (χ4n) is 1.30. The molecule has 15 heavy (non-hydrogen) atoms. The average molecular weight is 204 g/mol. The van der Waals surface area contributed by atoms with E-state index in [0.717, 1.165) is 17.1 Å². The third-order valence-corrected chi connectivity index (χ3v) is 2.27. The molecule has 0 amide bonds. The SMILES string of the molecule is CNc1nc(-c2cn[nH]n2)nc(C)c1C. The first kappa shape index (κ1) is 9.57. The Bertz CT molecular complexity index is 462. The number of aryl methyl sites for hydroxylation is 1. The van der Waals surface area contributed by atoms with E-state index in [1.54, 1.807) is 6.20 Å². The van der Waals surface area contributed by atoms with E-state index < -0.39 is 0 Å². The second-order valence-electron chi connectivity index (χ2n) is 3.21. The van der Waals surface area contributed by atoms with Crippen LogP contribution in [0.3, 0.4) is 0 Å². The second-order valence-corrected chi connectivity index (χ2v) is 3.21. The van der Waals surface area contributed by atoms with Gasteiger partial charge in [0.15, 0.2) is 5.82 Å². The molecule has 0 aromatic carbocycles. The van der Waals surface area contributed by atoms with Gasteiger partial charge in [-0.05, 0) is 13.8 Å². The molecule has 2 rings (SSSR count). The standard InChI is InChI=1S/C9H12N6/c1-5-6(2)12-9(13-8(5)10-3)7-4-11-15-14-7/h4H,1-3H3,(H,10,12,13)(H,11,14,15). The summed E-state index contributed by atoms with van der Waals surface area (Å²) in [7, 11) is 1.83. The minimum Gasteiger partial charge on any atom is -0.373 e. The van der Waals surface area contributed by atoms with Gasteiger partial charge in [-0.25, -0.2) is 9.97 Å². The highest BCUT2D eigenvalue weighted by Gasteiger charge is 2.09. The lowest BCUT2D eigenvalue weighted by Crippen LogP contribution is -2.02. The first-order valence-electron chi connectivity index (χ1n) is 4.61. The van der Waals surface area contributed by atoms with Crippen LogP contribution in [0.25, 0.3) is 11.5 Å². The van der Waals surface area contributed by atoms with Crippen molar-refractivity contribution in [2.24, 2.45) is 0 Å². The van der Waals surface area contributed by atoms with E-state index in [-0.39, 0.29) is 0 Å². The quantitative estimate of drug-likeness (QED) is 0.760. The summed E-state index contributed by atoms with van der Waals surface area (Å²) < 4.78 is 0. The molecule has 2 aromatic heterocycles. The minimum atomic E-state index is 0.580. The Kier molecular flexibility index (Phi) is 2.32. The van der Waals surface area contributed by atoms with Crippen LogP contribution >= 0.6 is 0 Å². The Morgan fingerprint density at radius 2 is 2.07 bits per heavy atom. The third-order valence-electron chi connectivity index (χ3n) is 2.27. The molecule has 0 saturated heterocycles. The van der Waals surface area contributed by atoms with Gasteiger partial charge in [0.1, 0.15) is 11.5 Å². The average Bonchev–Trinajstić information content (AvgIpc) is 2.75. The van der Waals surface area contributed by atoms with Gasteiger partial charge in [-0.15, -0.1) is 0 Å². The molecular weight excluding hydrogens is 192 g/mol. The first-order valence-corrected chi connectivity index (χ1v) is 4.61. The van der Waals surface area contributed by atoms with Gasteiger partial charge in [0.25, 0.3) is 0 Å². The first-order chi connectivity index (χ1) is 7.22. The molecule has 0 atom stereocenters. The van der Waals surface area contributed by atoms with E-state index in [4.69, 9.17) is 0 Å². The summed E-state index contributed by atoms with van der Waals surface area (Å²) in [5.74, 6) is 1.40. The zero-order valence-corrected chi connectivity index (χ0v) is 8.87. The zero-order chi connectivity index (χ0) is 10.8. The number of nitrogens with one attached hydrogen (secondary N) is 2. The summed E-state index contributed by atoms with van der Waals surface area (Å²) in [6.07, 6.45) is 1.60.